The van der Waals surface area contributed by atoms with Gasteiger partial charge in [0.25, 0.3) is 0 Å². The summed E-state index contributed by atoms with van der Waals surface area (Å²) in [5.41, 5.74) is 2.18. The third-order valence-electron chi connectivity index (χ3n) is 5.39. The first-order chi connectivity index (χ1) is 9.26. The molecule has 1 spiro atoms. The van der Waals surface area contributed by atoms with Crippen molar-refractivity contribution in [2.75, 3.05) is 0 Å². The molecule has 0 amide bonds. The van der Waals surface area contributed by atoms with Gasteiger partial charge in [-0.15, -0.1) is 0 Å². The molecule has 0 radical (unpaired) electrons. The quantitative estimate of drug-likeness (QED) is 0.477. The van der Waals surface area contributed by atoms with E-state index in [4.69, 9.17) is 5.10 Å². The molecule has 2 nitrogen and oxygen atoms in total. The molecule has 0 aromatic carbocycles. The van der Waals surface area contributed by atoms with Gasteiger partial charge in [-0.25, -0.2) is 0 Å². The van der Waals surface area contributed by atoms with Crippen LogP contribution in [0.2, 0.25) is 0 Å². The van der Waals surface area contributed by atoms with Crippen LogP contribution in [-0.4, -0.2) is 16.8 Å². The van der Waals surface area contributed by atoms with Crippen LogP contribution in [0.3, 0.4) is 0 Å². The Balaban J connectivity index is 1.59. The summed E-state index contributed by atoms with van der Waals surface area (Å²) in [4.78, 5) is 0. The van der Waals surface area contributed by atoms with Crippen LogP contribution in [0.25, 0.3) is 0 Å². The first-order valence-electron chi connectivity index (χ1n) is 8.24. The predicted octanol–water partition coefficient (Wildman–Crippen LogP) is 4.72. The van der Waals surface area contributed by atoms with Crippen molar-refractivity contribution >= 4 is 5.71 Å². The summed E-state index contributed by atoms with van der Waals surface area (Å²) in [6, 6.07) is 0.646. The van der Waals surface area contributed by atoms with Gasteiger partial charge in [0.1, 0.15) is 0 Å². The van der Waals surface area contributed by atoms with Crippen molar-refractivity contribution in [1.82, 2.24) is 5.01 Å². The molecular formula is C17H28N2. The van der Waals surface area contributed by atoms with E-state index in [-0.39, 0.29) is 0 Å². The molecule has 19 heavy (non-hydrogen) atoms. The fourth-order valence-electron chi connectivity index (χ4n) is 3.74. The van der Waals surface area contributed by atoms with E-state index in [0.29, 0.717) is 6.04 Å². The molecule has 0 aliphatic heterocycles. The van der Waals surface area contributed by atoms with Gasteiger partial charge in [0.2, 0.25) is 0 Å². The Kier molecular flexibility index (Phi) is 3.68. The second kappa shape index (κ2) is 5.30. The smallest absolute Gasteiger partial charge is 0.0529 e. The van der Waals surface area contributed by atoms with Crippen molar-refractivity contribution in [2.24, 2.45) is 16.4 Å². The van der Waals surface area contributed by atoms with Crippen LogP contribution in [0.1, 0.15) is 71.1 Å². The van der Waals surface area contributed by atoms with E-state index in [2.05, 4.69) is 18.5 Å². The zero-order valence-electron chi connectivity index (χ0n) is 12.4. The van der Waals surface area contributed by atoms with Gasteiger partial charge in [-0.2, -0.15) is 5.10 Å². The predicted molar refractivity (Wildman–Crippen MR) is 81.0 cm³/mol. The molecule has 3 rings (SSSR count). The molecule has 0 N–H and O–H groups in total. The minimum atomic E-state index is 0.646. The van der Waals surface area contributed by atoms with Crippen LogP contribution in [0.5, 0.6) is 0 Å². The Labute approximate surface area is 117 Å². The Morgan fingerprint density at radius 1 is 1.37 bits per heavy atom. The molecule has 0 saturated heterocycles. The fourth-order valence-corrected chi connectivity index (χ4v) is 3.74. The van der Waals surface area contributed by atoms with Gasteiger partial charge in [0.05, 0.1) is 6.04 Å². The standard InChI is InChI=1S/C17H28N2/c1-3-5-7-16(14-8-9-14)18-19(4-2)15-12-17(13-15)10-6-11-17/h4,14-15H,2-3,5-13H2,1H3/b18-16+. The van der Waals surface area contributed by atoms with Crippen LogP contribution in [-0.2, 0) is 0 Å². The van der Waals surface area contributed by atoms with Gasteiger partial charge in [0.15, 0.2) is 0 Å². The SMILES string of the molecule is C=CN(/N=C(\CCCC)C1CC1)C1CC2(CCC2)C1. The fraction of sp³-hybridized carbons (Fsp3) is 0.824. The molecule has 0 aromatic heterocycles. The van der Waals surface area contributed by atoms with E-state index < -0.39 is 0 Å². The highest BCUT2D eigenvalue weighted by Crippen LogP contribution is 2.57. The summed E-state index contributed by atoms with van der Waals surface area (Å²) < 4.78 is 0. The number of unbranched alkanes of at least 4 members (excludes halogenated alkanes) is 1. The Morgan fingerprint density at radius 3 is 2.58 bits per heavy atom. The summed E-state index contributed by atoms with van der Waals surface area (Å²) in [7, 11) is 0. The summed E-state index contributed by atoms with van der Waals surface area (Å²) >= 11 is 0. The van der Waals surface area contributed by atoms with Crippen LogP contribution in [0.15, 0.2) is 17.9 Å². The maximum atomic E-state index is 4.97. The van der Waals surface area contributed by atoms with Crippen molar-refractivity contribution in [2.45, 2.75) is 77.2 Å². The highest BCUT2D eigenvalue weighted by atomic mass is 15.5. The van der Waals surface area contributed by atoms with Gasteiger partial charge in [-0.1, -0.05) is 26.3 Å². The van der Waals surface area contributed by atoms with E-state index in [1.54, 1.807) is 0 Å². The van der Waals surface area contributed by atoms with Crippen molar-refractivity contribution in [1.29, 1.82) is 0 Å². The second-order valence-electron chi connectivity index (χ2n) is 6.95. The first kappa shape index (κ1) is 13.2. The van der Waals surface area contributed by atoms with Crippen LogP contribution in [0.4, 0.5) is 0 Å². The molecule has 3 aliphatic rings. The van der Waals surface area contributed by atoms with Gasteiger partial charge >= 0.3 is 0 Å². The number of hydrogen-bond acceptors (Lipinski definition) is 2. The van der Waals surface area contributed by atoms with Gasteiger partial charge < -0.3 is 0 Å². The number of rotatable bonds is 7. The zero-order valence-corrected chi connectivity index (χ0v) is 12.4. The molecule has 0 bridgehead atoms. The van der Waals surface area contributed by atoms with E-state index >= 15 is 0 Å². The lowest BCUT2D eigenvalue weighted by molar-refractivity contribution is -0.0393. The van der Waals surface area contributed by atoms with E-state index in [9.17, 15) is 0 Å². The molecule has 2 heteroatoms. The summed E-state index contributed by atoms with van der Waals surface area (Å²) in [5.74, 6) is 0.798. The second-order valence-corrected chi connectivity index (χ2v) is 6.95. The molecule has 106 valence electrons. The molecule has 0 aromatic rings. The third kappa shape index (κ3) is 2.73. The van der Waals surface area contributed by atoms with Gasteiger partial charge in [-0.3, -0.25) is 5.01 Å². The molecule has 3 aliphatic carbocycles. The monoisotopic (exact) mass is 260 g/mol. The molecular weight excluding hydrogens is 232 g/mol. The minimum Gasteiger partial charge on any atom is -0.270 e. The highest BCUT2D eigenvalue weighted by Gasteiger charge is 2.49. The van der Waals surface area contributed by atoms with Crippen molar-refractivity contribution in [3.05, 3.63) is 12.8 Å². The molecule has 0 unspecified atom stereocenters. The topological polar surface area (TPSA) is 15.6 Å². The normalized spacial score (nSPS) is 25.8. The molecule has 0 atom stereocenters. The Bertz CT molecular complexity index is 355. The Morgan fingerprint density at radius 2 is 2.11 bits per heavy atom. The van der Waals surface area contributed by atoms with Crippen molar-refractivity contribution < 1.29 is 0 Å². The molecule has 3 saturated carbocycles. The Hall–Kier alpha value is -0.790. The largest absolute Gasteiger partial charge is 0.270 e. The average Bonchev–Trinajstić information content (AvgIpc) is 3.12. The highest BCUT2D eigenvalue weighted by molar-refractivity contribution is 5.88. The minimum absolute atomic E-state index is 0.646. The summed E-state index contributed by atoms with van der Waals surface area (Å²) in [6.45, 7) is 6.25. The van der Waals surface area contributed by atoms with E-state index in [1.165, 1.54) is 69.9 Å². The van der Waals surface area contributed by atoms with Crippen LogP contribution in [0, 0.1) is 11.3 Å². The molecule has 3 fully saturated rings. The average molecular weight is 260 g/mol. The van der Waals surface area contributed by atoms with Crippen molar-refractivity contribution in [3.8, 4) is 0 Å². The lowest BCUT2D eigenvalue weighted by Gasteiger charge is -2.55. The first-order valence-corrected chi connectivity index (χ1v) is 8.24. The van der Waals surface area contributed by atoms with Gasteiger partial charge in [0, 0.05) is 11.9 Å². The lowest BCUT2D eigenvalue weighted by Crippen LogP contribution is -2.51. The number of hydrogen-bond donors (Lipinski definition) is 0. The van der Waals surface area contributed by atoms with Crippen LogP contribution >= 0.6 is 0 Å². The number of hydrazone groups is 1. The zero-order chi connectivity index (χ0) is 13.3. The van der Waals surface area contributed by atoms with E-state index in [0.717, 1.165) is 11.3 Å². The van der Waals surface area contributed by atoms with Crippen molar-refractivity contribution in [3.63, 3.8) is 0 Å². The molecule has 0 heterocycles. The third-order valence-corrected chi connectivity index (χ3v) is 5.39. The maximum absolute atomic E-state index is 4.97. The van der Waals surface area contributed by atoms with Crippen LogP contribution < -0.4 is 0 Å². The maximum Gasteiger partial charge on any atom is 0.0529 e. The lowest BCUT2D eigenvalue weighted by atomic mass is 9.54. The van der Waals surface area contributed by atoms with Gasteiger partial charge in [-0.05, 0) is 62.7 Å². The summed E-state index contributed by atoms with van der Waals surface area (Å²) in [5, 5.41) is 7.17. The number of nitrogens with zero attached hydrogens (tertiary/aromatic N) is 2. The van der Waals surface area contributed by atoms with E-state index in [1.807, 2.05) is 6.20 Å². The summed E-state index contributed by atoms with van der Waals surface area (Å²) in [6.07, 6.45) is 15.5.